The number of rotatable bonds is 5. The Balaban J connectivity index is 0.000000148. The van der Waals surface area contributed by atoms with Crippen molar-refractivity contribution in [1.29, 1.82) is 0 Å². The molecule has 402 valence electrons. The highest BCUT2D eigenvalue weighted by molar-refractivity contribution is 6.08. The van der Waals surface area contributed by atoms with Crippen LogP contribution < -0.4 is 5.73 Å². The van der Waals surface area contributed by atoms with Crippen molar-refractivity contribution < 1.29 is 9.90 Å². The topological polar surface area (TPSA) is 68.2 Å². The van der Waals surface area contributed by atoms with E-state index in [1.54, 1.807) is 18.2 Å². The Morgan fingerprint density at radius 3 is 1.64 bits per heavy atom. The van der Waals surface area contributed by atoms with Crippen molar-refractivity contribution in [2.24, 2.45) is 5.73 Å². The highest BCUT2D eigenvalue weighted by atomic mass is 16.3. The fourth-order valence-electron chi connectivity index (χ4n) is 11.5. The van der Waals surface area contributed by atoms with Gasteiger partial charge in [0.05, 0.1) is 5.41 Å². The average molecular weight is 1050 g/mol. The summed E-state index contributed by atoms with van der Waals surface area (Å²) in [6.07, 6.45) is 7.68. The SMILES string of the molecule is C/C=C\C(=C/C=O)C1(c2ccc(O)cc2)c2cc(C)ccc2-c2c1cc(C)c1ccccc21.CN.Cc1ccc2c(c1)Cc1ccccc1-2.Cc1ccc2c3ccccc3n(C(C)C)c2c1.Cc1ccccc1.Cc1ccccc1. The average Bonchev–Trinajstić information content (AvgIpc) is 4.31. The Bertz CT molecular complexity index is 3920. The van der Waals surface area contributed by atoms with Crippen LogP contribution in [-0.4, -0.2) is 23.0 Å². The highest BCUT2D eigenvalue weighted by Gasteiger charge is 2.47. The van der Waals surface area contributed by atoms with E-state index in [9.17, 15) is 9.90 Å². The number of nitrogens with two attached hydrogens (primary N) is 1. The normalized spacial score (nSPS) is 13.4. The van der Waals surface area contributed by atoms with Crippen LogP contribution in [0.15, 0.2) is 242 Å². The maximum Gasteiger partial charge on any atom is 0.143 e. The van der Waals surface area contributed by atoms with Gasteiger partial charge in [-0.05, 0) is 184 Å². The number of aldehydes is 1. The van der Waals surface area contributed by atoms with Crippen LogP contribution in [0.5, 0.6) is 5.75 Å². The molecule has 0 saturated carbocycles. The molecule has 13 rings (SSSR count). The van der Waals surface area contributed by atoms with Crippen LogP contribution in [0.25, 0.3) is 54.8 Å². The number of carbonyl (C=O) groups excluding carboxylic acids is 1. The molecule has 0 spiro atoms. The molecule has 1 unspecified atom stereocenters. The maximum atomic E-state index is 11.9. The molecular weight excluding hydrogens is 973 g/mol. The summed E-state index contributed by atoms with van der Waals surface area (Å²) in [5.74, 6) is 0.221. The van der Waals surface area contributed by atoms with Crippen LogP contribution in [0, 0.1) is 41.5 Å². The van der Waals surface area contributed by atoms with Crippen molar-refractivity contribution in [2.75, 3.05) is 7.05 Å². The van der Waals surface area contributed by atoms with Gasteiger partial charge in [-0.15, -0.1) is 0 Å². The lowest BCUT2D eigenvalue weighted by Gasteiger charge is -2.35. The molecule has 11 aromatic rings. The Labute approximate surface area is 475 Å². The molecule has 0 fully saturated rings. The second kappa shape index (κ2) is 26.2. The van der Waals surface area contributed by atoms with Gasteiger partial charge in [0.15, 0.2) is 0 Å². The molecule has 1 heterocycles. The molecule has 4 heteroatoms. The third kappa shape index (κ3) is 12.1. The zero-order valence-electron chi connectivity index (χ0n) is 48.3. The van der Waals surface area contributed by atoms with E-state index >= 15 is 0 Å². The van der Waals surface area contributed by atoms with Gasteiger partial charge in [0.25, 0.3) is 0 Å². The number of para-hydroxylation sites is 1. The number of aryl methyl sites for hydroxylation is 6. The molecule has 2 aliphatic carbocycles. The molecule has 80 heavy (non-hydrogen) atoms. The summed E-state index contributed by atoms with van der Waals surface area (Å²) in [5, 5.41) is 15.2. The molecule has 0 saturated heterocycles. The first-order valence-corrected chi connectivity index (χ1v) is 27.8. The van der Waals surface area contributed by atoms with Gasteiger partial charge >= 0.3 is 0 Å². The van der Waals surface area contributed by atoms with E-state index in [1.807, 2.05) is 67.6 Å². The first-order valence-electron chi connectivity index (χ1n) is 27.8. The van der Waals surface area contributed by atoms with Gasteiger partial charge in [-0.3, -0.25) is 4.79 Å². The molecule has 0 aliphatic heterocycles. The number of carbonyl (C=O) groups is 1. The smallest absolute Gasteiger partial charge is 0.143 e. The van der Waals surface area contributed by atoms with E-state index < -0.39 is 5.41 Å². The van der Waals surface area contributed by atoms with Crippen molar-refractivity contribution >= 4 is 38.9 Å². The molecule has 2 aliphatic rings. The molecule has 1 atom stereocenters. The summed E-state index contributed by atoms with van der Waals surface area (Å²) < 4.78 is 2.43. The lowest BCUT2D eigenvalue weighted by molar-refractivity contribution is -0.104. The first-order chi connectivity index (χ1) is 38.8. The van der Waals surface area contributed by atoms with Crippen LogP contribution >= 0.6 is 0 Å². The second-order valence-corrected chi connectivity index (χ2v) is 21.1. The Kier molecular flexibility index (Phi) is 18.8. The first kappa shape index (κ1) is 57.3. The predicted octanol–water partition coefficient (Wildman–Crippen LogP) is 19.0. The fourth-order valence-corrected chi connectivity index (χ4v) is 11.5. The summed E-state index contributed by atoms with van der Waals surface area (Å²) >= 11 is 0. The Morgan fingerprint density at radius 2 is 1.02 bits per heavy atom. The third-order valence-corrected chi connectivity index (χ3v) is 15.0. The zero-order chi connectivity index (χ0) is 56.9. The van der Waals surface area contributed by atoms with E-state index in [2.05, 4.69) is 223 Å². The van der Waals surface area contributed by atoms with Crippen LogP contribution in [-0.2, 0) is 16.6 Å². The number of hydrogen-bond acceptors (Lipinski definition) is 3. The number of allylic oxidation sites excluding steroid dienone is 4. The molecule has 0 bridgehead atoms. The van der Waals surface area contributed by atoms with Crippen molar-refractivity contribution in [3.05, 3.63) is 303 Å². The molecule has 4 nitrogen and oxygen atoms in total. The number of nitrogens with zero attached hydrogens (tertiary/aromatic N) is 1. The van der Waals surface area contributed by atoms with Crippen LogP contribution in [0.1, 0.15) is 88.0 Å². The minimum atomic E-state index is -0.674. The molecule has 3 N–H and O–H groups in total. The number of phenolic OH excluding ortho intramolecular Hbond substituents is 1. The molecule has 0 amide bonds. The van der Waals surface area contributed by atoms with Gasteiger partial charge in [0.1, 0.15) is 12.0 Å². The lowest BCUT2D eigenvalue weighted by Crippen LogP contribution is -2.29. The fraction of sp³-hybridized carbons (Fsp3) is 0.171. The summed E-state index contributed by atoms with van der Waals surface area (Å²) in [5.41, 5.74) is 26.6. The summed E-state index contributed by atoms with van der Waals surface area (Å²) in [7, 11) is 1.50. The minimum absolute atomic E-state index is 0.221. The zero-order valence-corrected chi connectivity index (χ0v) is 48.3. The van der Waals surface area contributed by atoms with Gasteiger partial charge in [0.2, 0.25) is 0 Å². The Morgan fingerprint density at radius 1 is 0.500 bits per heavy atom. The molecule has 0 radical (unpaired) electrons. The lowest BCUT2D eigenvalue weighted by atomic mass is 9.66. The van der Waals surface area contributed by atoms with Crippen LogP contribution in [0.3, 0.4) is 0 Å². The largest absolute Gasteiger partial charge is 0.508 e. The number of benzene rings is 10. The van der Waals surface area contributed by atoms with Gasteiger partial charge in [-0.25, -0.2) is 0 Å². The number of aromatic nitrogens is 1. The highest BCUT2D eigenvalue weighted by Crippen LogP contribution is 2.59. The van der Waals surface area contributed by atoms with Gasteiger partial charge in [-0.1, -0.05) is 229 Å². The van der Waals surface area contributed by atoms with Crippen molar-refractivity contribution in [2.45, 2.75) is 80.2 Å². The number of aromatic hydroxyl groups is 1. The summed E-state index contributed by atoms with van der Waals surface area (Å²) in [4.78, 5) is 11.9. The van der Waals surface area contributed by atoms with E-state index in [-0.39, 0.29) is 5.75 Å². The van der Waals surface area contributed by atoms with E-state index in [4.69, 9.17) is 0 Å². The number of hydrogen-bond donors (Lipinski definition) is 2. The van der Waals surface area contributed by atoms with Gasteiger partial charge < -0.3 is 15.4 Å². The maximum absolute atomic E-state index is 11.9. The quantitative estimate of drug-likeness (QED) is 0.103. The van der Waals surface area contributed by atoms with Crippen molar-refractivity contribution in [1.82, 2.24) is 4.57 Å². The van der Waals surface area contributed by atoms with E-state index in [0.29, 0.717) is 6.04 Å². The van der Waals surface area contributed by atoms with Crippen molar-refractivity contribution in [3.8, 4) is 28.0 Å². The number of phenols is 1. The standard InChI is InChI=1S/C31H26O2.C16H17N.C14H12.2C7H8.CH5N/c1-4-7-22(16-17-32)31(23-11-13-24(33)14-12-23)28-18-20(2)10-15-27(28)30-26-9-6-5-8-25(26)21(3)19-29(30)31;1-11(2)17-15-7-5-4-6-13(15)14-9-8-12(3)10-16(14)17;1-10-6-7-14-12(8-10)9-11-4-2-3-5-13(11)14;2*1-7-5-3-2-4-6-7;1-2/h4-19,33H,1-3H3;4-11H,1-3H3;2-8H,9H2,1H3;2*2-6H,1H3;2H2,1H3/b7-4-,22-16+;;;;;. The third-order valence-electron chi connectivity index (χ3n) is 15.0. The van der Waals surface area contributed by atoms with E-state index in [1.165, 1.54) is 101 Å². The second-order valence-electron chi connectivity index (χ2n) is 21.1. The predicted molar refractivity (Wildman–Crippen MR) is 342 cm³/mol. The summed E-state index contributed by atoms with van der Waals surface area (Å²) in [6, 6.07) is 76.7. The summed E-state index contributed by atoms with van der Waals surface area (Å²) in [6.45, 7) is 19.2. The number of fused-ring (bicyclic) bond motifs is 11. The van der Waals surface area contributed by atoms with Crippen molar-refractivity contribution in [3.63, 3.8) is 0 Å². The molecule has 1 aromatic heterocycles. The molecular formula is C76H76N2O2. The Hall–Kier alpha value is -8.83. The molecule has 10 aromatic carbocycles. The van der Waals surface area contributed by atoms with Gasteiger partial charge in [-0.2, -0.15) is 0 Å². The minimum Gasteiger partial charge on any atom is -0.508 e. The van der Waals surface area contributed by atoms with Gasteiger partial charge in [0, 0.05) is 27.8 Å². The van der Waals surface area contributed by atoms with Crippen LogP contribution in [0.4, 0.5) is 0 Å². The van der Waals surface area contributed by atoms with Crippen LogP contribution in [0.2, 0.25) is 0 Å². The van der Waals surface area contributed by atoms with E-state index in [0.717, 1.165) is 40.5 Å². The monoisotopic (exact) mass is 1050 g/mol.